The highest BCUT2D eigenvalue weighted by Crippen LogP contribution is 2.40. The van der Waals surface area contributed by atoms with Crippen molar-refractivity contribution in [3.05, 3.63) is 30.3 Å². The highest BCUT2D eigenvalue weighted by Gasteiger charge is 2.47. The lowest BCUT2D eigenvalue weighted by Gasteiger charge is -2.37. The number of pyridine rings is 1. The molecule has 0 atom stereocenters. The number of para-hydroxylation sites is 1. The van der Waals surface area contributed by atoms with Gasteiger partial charge in [-0.3, -0.25) is 0 Å². The molecule has 1 heterocycles. The topological polar surface area (TPSA) is 71.9 Å². The third kappa shape index (κ3) is 3.75. The van der Waals surface area contributed by atoms with E-state index in [0.717, 1.165) is 37.0 Å². The van der Waals surface area contributed by atoms with Gasteiger partial charge in [0.1, 0.15) is 12.4 Å². The van der Waals surface area contributed by atoms with E-state index >= 15 is 0 Å². The van der Waals surface area contributed by atoms with Crippen molar-refractivity contribution < 1.29 is 19.4 Å². The Morgan fingerprint density at radius 2 is 2.00 bits per heavy atom. The molecular weight excluding hydrogens is 332 g/mol. The molecule has 1 aromatic heterocycles. The molecule has 1 N–H and O–H groups in total. The lowest BCUT2D eigenvalue weighted by Crippen LogP contribution is -2.50. The monoisotopic (exact) mass is 358 g/mol. The molecule has 26 heavy (non-hydrogen) atoms. The zero-order valence-electron chi connectivity index (χ0n) is 15.4. The van der Waals surface area contributed by atoms with E-state index in [-0.39, 0.29) is 0 Å². The van der Waals surface area contributed by atoms with Crippen molar-refractivity contribution in [2.75, 3.05) is 26.2 Å². The van der Waals surface area contributed by atoms with Crippen molar-refractivity contribution in [1.82, 2.24) is 9.88 Å². The average Bonchev–Trinajstić information content (AvgIpc) is 2.61. The Hall–Kier alpha value is -2.34. The minimum absolute atomic E-state index is 0.464. The molecule has 0 bridgehead atoms. The van der Waals surface area contributed by atoms with Gasteiger partial charge >= 0.3 is 5.97 Å². The van der Waals surface area contributed by atoms with Crippen LogP contribution in [0.2, 0.25) is 0 Å². The third-order valence-electron chi connectivity index (χ3n) is 5.06. The van der Waals surface area contributed by atoms with E-state index in [2.05, 4.69) is 23.7 Å². The van der Waals surface area contributed by atoms with Crippen LogP contribution in [0.3, 0.4) is 0 Å². The molecule has 140 valence electrons. The van der Waals surface area contributed by atoms with Crippen molar-refractivity contribution in [3.8, 4) is 11.6 Å². The van der Waals surface area contributed by atoms with Crippen LogP contribution in [-0.2, 0) is 4.79 Å². The molecule has 0 radical (unpaired) electrons. The number of carboxylic acid groups (broad SMARTS) is 1. The number of likely N-dealkylation sites (N-methyl/N-ethyl adjacent to an activating group) is 1. The van der Waals surface area contributed by atoms with Crippen LogP contribution in [0.5, 0.6) is 11.6 Å². The molecule has 2 aromatic rings. The summed E-state index contributed by atoms with van der Waals surface area (Å²) in [6.07, 6.45) is 1.91. The fraction of sp³-hybridized carbons (Fsp3) is 0.500. The van der Waals surface area contributed by atoms with Crippen molar-refractivity contribution >= 4 is 16.9 Å². The number of aromatic nitrogens is 1. The summed E-state index contributed by atoms with van der Waals surface area (Å²) >= 11 is 0. The van der Waals surface area contributed by atoms with Gasteiger partial charge in [0.25, 0.3) is 0 Å². The Labute approximate surface area is 153 Å². The zero-order chi connectivity index (χ0) is 18.6. The van der Waals surface area contributed by atoms with E-state index in [9.17, 15) is 9.90 Å². The Morgan fingerprint density at radius 3 is 2.62 bits per heavy atom. The van der Waals surface area contributed by atoms with Crippen molar-refractivity contribution in [3.63, 3.8) is 0 Å². The molecule has 0 aliphatic heterocycles. The molecule has 1 aliphatic carbocycles. The summed E-state index contributed by atoms with van der Waals surface area (Å²) in [5.74, 6) is 0.0786. The van der Waals surface area contributed by atoms with Gasteiger partial charge in [-0.05, 0) is 44.5 Å². The lowest BCUT2D eigenvalue weighted by molar-refractivity contribution is -0.163. The van der Waals surface area contributed by atoms with Crippen molar-refractivity contribution in [1.29, 1.82) is 0 Å². The number of hydrogen-bond acceptors (Lipinski definition) is 5. The fourth-order valence-corrected chi connectivity index (χ4v) is 3.17. The second-order valence-electron chi connectivity index (χ2n) is 6.61. The van der Waals surface area contributed by atoms with E-state index in [4.69, 9.17) is 9.47 Å². The number of rotatable bonds is 9. The van der Waals surface area contributed by atoms with Crippen LogP contribution in [0.15, 0.2) is 30.3 Å². The Kier molecular flexibility index (Phi) is 5.61. The van der Waals surface area contributed by atoms with Gasteiger partial charge in [0, 0.05) is 18.0 Å². The highest BCUT2D eigenvalue weighted by molar-refractivity contribution is 5.87. The largest absolute Gasteiger partial charge is 0.478 e. The SMILES string of the molecule is CCN(CC)CCOc1cc(OC2(C(=O)O)CCC2)c2ccccc2n1. The molecule has 1 saturated carbocycles. The van der Waals surface area contributed by atoms with Crippen LogP contribution in [0.4, 0.5) is 0 Å². The number of ether oxygens (including phenoxy) is 2. The molecule has 1 aliphatic rings. The van der Waals surface area contributed by atoms with Gasteiger partial charge in [-0.1, -0.05) is 26.0 Å². The smallest absolute Gasteiger partial charge is 0.348 e. The molecule has 6 nitrogen and oxygen atoms in total. The minimum Gasteiger partial charge on any atom is -0.478 e. The molecule has 3 rings (SSSR count). The number of hydrogen-bond donors (Lipinski definition) is 1. The molecule has 0 spiro atoms. The second-order valence-corrected chi connectivity index (χ2v) is 6.61. The molecule has 0 unspecified atom stereocenters. The summed E-state index contributed by atoms with van der Waals surface area (Å²) in [4.78, 5) is 18.5. The molecule has 6 heteroatoms. The Balaban J connectivity index is 1.83. The predicted octanol–water partition coefficient (Wildman–Crippen LogP) is 3.34. The normalized spacial score (nSPS) is 15.7. The quantitative estimate of drug-likeness (QED) is 0.741. The first-order valence-electron chi connectivity index (χ1n) is 9.25. The molecular formula is C20H26N2O4. The van der Waals surface area contributed by atoms with Gasteiger partial charge in [-0.25, -0.2) is 9.78 Å². The number of aliphatic carboxylic acids is 1. The van der Waals surface area contributed by atoms with Crippen LogP contribution in [0.1, 0.15) is 33.1 Å². The number of nitrogens with zero attached hydrogens (tertiary/aromatic N) is 2. The summed E-state index contributed by atoms with van der Waals surface area (Å²) < 4.78 is 11.8. The van der Waals surface area contributed by atoms with Crippen LogP contribution in [0, 0.1) is 0 Å². The first-order chi connectivity index (χ1) is 12.6. The van der Waals surface area contributed by atoms with E-state index in [1.165, 1.54) is 0 Å². The molecule has 1 fully saturated rings. The van der Waals surface area contributed by atoms with Gasteiger partial charge in [-0.15, -0.1) is 0 Å². The van der Waals surface area contributed by atoms with Gasteiger partial charge in [0.15, 0.2) is 0 Å². The second kappa shape index (κ2) is 7.91. The zero-order valence-corrected chi connectivity index (χ0v) is 15.4. The number of carboxylic acids is 1. The number of fused-ring (bicyclic) bond motifs is 1. The summed E-state index contributed by atoms with van der Waals surface area (Å²) in [6, 6.07) is 9.29. The lowest BCUT2D eigenvalue weighted by atomic mass is 9.80. The van der Waals surface area contributed by atoms with Crippen molar-refractivity contribution in [2.45, 2.75) is 38.7 Å². The Morgan fingerprint density at radius 1 is 1.27 bits per heavy atom. The van der Waals surface area contributed by atoms with Crippen LogP contribution < -0.4 is 9.47 Å². The van der Waals surface area contributed by atoms with E-state index in [1.54, 1.807) is 6.07 Å². The fourth-order valence-electron chi connectivity index (χ4n) is 3.17. The summed E-state index contributed by atoms with van der Waals surface area (Å²) in [5, 5.41) is 10.4. The van der Waals surface area contributed by atoms with E-state index < -0.39 is 11.6 Å². The third-order valence-corrected chi connectivity index (χ3v) is 5.06. The van der Waals surface area contributed by atoms with Crippen LogP contribution >= 0.6 is 0 Å². The van der Waals surface area contributed by atoms with Crippen LogP contribution in [-0.4, -0.2) is 52.8 Å². The predicted molar refractivity (Wildman–Crippen MR) is 99.9 cm³/mol. The first-order valence-corrected chi connectivity index (χ1v) is 9.25. The maximum atomic E-state index is 11.7. The number of carbonyl (C=O) groups is 1. The van der Waals surface area contributed by atoms with Gasteiger partial charge in [0.2, 0.25) is 11.5 Å². The summed E-state index contributed by atoms with van der Waals surface area (Å²) in [6.45, 7) is 7.52. The number of benzene rings is 1. The van der Waals surface area contributed by atoms with Gasteiger partial charge in [-0.2, -0.15) is 0 Å². The maximum absolute atomic E-state index is 11.7. The minimum atomic E-state index is -1.12. The summed E-state index contributed by atoms with van der Waals surface area (Å²) in [7, 11) is 0. The first kappa shape index (κ1) is 18.5. The summed E-state index contributed by atoms with van der Waals surface area (Å²) in [5.41, 5.74) is -0.384. The average molecular weight is 358 g/mol. The highest BCUT2D eigenvalue weighted by atomic mass is 16.5. The van der Waals surface area contributed by atoms with E-state index in [1.807, 2.05) is 24.3 Å². The van der Waals surface area contributed by atoms with E-state index in [0.29, 0.717) is 31.1 Å². The standard InChI is InChI=1S/C20H26N2O4/c1-3-22(4-2)12-13-25-18-14-17(15-8-5-6-9-16(15)21-18)26-20(19(23)24)10-7-11-20/h5-6,8-9,14H,3-4,7,10-13H2,1-2H3,(H,23,24). The molecule has 0 saturated heterocycles. The maximum Gasteiger partial charge on any atom is 0.348 e. The van der Waals surface area contributed by atoms with Crippen molar-refractivity contribution in [2.24, 2.45) is 0 Å². The van der Waals surface area contributed by atoms with Gasteiger partial charge in [0.05, 0.1) is 5.52 Å². The Bertz CT molecular complexity index is 769. The van der Waals surface area contributed by atoms with Crippen LogP contribution in [0.25, 0.3) is 10.9 Å². The van der Waals surface area contributed by atoms with Gasteiger partial charge < -0.3 is 19.5 Å². The molecule has 1 aromatic carbocycles. The molecule has 0 amide bonds.